The molecule has 6 nitrogen and oxygen atoms in total. The molecule has 0 radical (unpaired) electrons. The molecule has 2 aromatic rings. The van der Waals surface area contributed by atoms with Crippen LogP contribution in [0.3, 0.4) is 0 Å². The van der Waals surface area contributed by atoms with Crippen LogP contribution >= 0.6 is 0 Å². The Kier molecular flexibility index (Phi) is 5.06. The van der Waals surface area contributed by atoms with E-state index in [9.17, 15) is 14.4 Å². The molecule has 2 aromatic carbocycles. The summed E-state index contributed by atoms with van der Waals surface area (Å²) in [7, 11) is 0. The van der Waals surface area contributed by atoms with E-state index in [1.54, 1.807) is 4.90 Å². The fourth-order valence-corrected chi connectivity index (χ4v) is 6.45. The van der Waals surface area contributed by atoms with Gasteiger partial charge in [0.1, 0.15) is 6.04 Å². The highest BCUT2D eigenvalue weighted by atomic mass is 16.2. The van der Waals surface area contributed by atoms with Crippen molar-refractivity contribution < 1.29 is 14.4 Å². The Morgan fingerprint density at radius 2 is 1.67 bits per heavy atom. The lowest BCUT2D eigenvalue weighted by atomic mass is 9.84. The number of piperidine rings is 2. The molecule has 170 valence electrons. The molecule has 3 fully saturated rings. The summed E-state index contributed by atoms with van der Waals surface area (Å²) >= 11 is 0. The van der Waals surface area contributed by atoms with E-state index < -0.39 is 6.04 Å². The van der Waals surface area contributed by atoms with Crippen molar-refractivity contribution in [3.05, 3.63) is 70.8 Å². The van der Waals surface area contributed by atoms with Gasteiger partial charge in [0.2, 0.25) is 11.8 Å². The van der Waals surface area contributed by atoms with Crippen LogP contribution in [0.5, 0.6) is 0 Å². The van der Waals surface area contributed by atoms with Gasteiger partial charge < -0.3 is 4.90 Å². The van der Waals surface area contributed by atoms with Gasteiger partial charge in [-0.25, -0.2) is 0 Å². The van der Waals surface area contributed by atoms with Crippen molar-refractivity contribution in [2.75, 3.05) is 0 Å². The van der Waals surface area contributed by atoms with Gasteiger partial charge in [0.15, 0.2) is 0 Å². The zero-order valence-corrected chi connectivity index (χ0v) is 18.7. The van der Waals surface area contributed by atoms with E-state index in [2.05, 4.69) is 52.7 Å². The molecule has 2 bridgehead atoms. The first-order valence-corrected chi connectivity index (χ1v) is 12.1. The largest absolute Gasteiger partial charge is 0.322 e. The SMILES string of the molecule is O=C1CC[C@@H](N2Cc3cc(C4C[C@H]5CC[C@@H](C4)N5Cc4ccccc4)ccc3C2=O)C(=O)N1. The third-order valence-corrected chi connectivity index (χ3v) is 8.11. The second kappa shape index (κ2) is 8.10. The second-order valence-electron chi connectivity index (χ2n) is 10.0. The topological polar surface area (TPSA) is 69.7 Å². The standard InChI is InChI=1S/C27H29N3O3/c31-25-11-10-24(26(32)28-25)30-16-20-12-18(6-9-23(20)27(30)33)19-13-21-7-8-22(14-19)29(21)15-17-4-2-1-3-5-17/h1-6,9,12,19,21-22,24H,7-8,10-11,13-16H2,(H,28,31,32)/t19?,21-,22+,24-/m1/s1. The molecule has 4 aliphatic heterocycles. The lowest BCUT2D eigenvalue weighted by Gasteiger charge is -2.39. The number of fused-ring (bicyclic) bond motifs is 3. The number of carbonyl (C=O) groups is 3. The predicted molar refractivity (Wildman–Crippen MR) is 123 cm³/mol. The molecule has 0 spiro atoms. The van der Waals surface area contributed by atoms with Gasteiger partial charge in [-0.3, -0.25) is 24.6 Å². The third kappa shape index (κ3) is 3.66. The van der Waals surface area contributed by atoms with Crippen LogP contribution in [0.2, 0.25) is 0 Å². The van der Waals surface area contributed by atoms with Crippen molar-refractivity contribution >= 4 is 17.7 Å². The number of nitrogens with one attached hydrogen (secondary N) is 1. The Morgan fingerprint density at radius 1 is 0.909 bits per heavy atom. The van der Waals surface area contributed by atoms with Crippen molar-refractivity contribution in [3.8, 4) is 0 Å². The maximum absolute atomic E-state index is 13.0. The molecule has 0 aromatic heterocycles. The molecule has 33 heavy (non-hydrogen) atoms. The van der Waals surface area contributed by atoms with Crippen LogP contribution in [0.1, 0.15) is 71.5 Å². The molecule has 0 saturated carbocycles. The van der Waals surface area contributed by atoms with Gasteiger partial charge >= 0.3 is 0 Å². The van der Waals surface area contributed by atoms with Gasteiger partial charge in [0.05, 0.1) is 0 Å². The molecule has 4 aliphatic rings. The maximum atomic E-state index is 13.0. The number of hydrogen-bond acceptors (Lipinski definition) is 4. The van der Waals surface area contributed by atoms with Crippen LogP contribution in [0.4, 0.5) is 0 Å². The molecule has 4 heterocycles. The minimum Gasteiger partial charge on any atom is -0.322 e. The minimum absolute atomic E-state index is 0.0937. The molecular weight excluding hydrogens is 414 g/mol. The number of benzene rings is 2. The van der Waals surface area contributed by atoms with Gasteiger partial charge in [0, 0.05) is 37.2 Å². The zero-order valence-electron chi connectivity index (χ0n) is 18.7. The second-order valence-corrected chi connectivity index (χ2v) is 10.0. The van der Waals surface area contributed by atoms with E-state index in [0.717, 1.165) is 24.9 Å². The van der Waals surface area contributed by atoms with Crippen LogP contribution in [0, 0.1) is 0 Å². The van der Waals surface area contributed by atoms with E-state index >= 15 is 0 Å². The molecule has 4 atom stereocenters. The summed E-state index contributed by atoms with van der Waals surface area (Å²) < 4.78 is 0. The fraction of sp³-hybridized carbons (Fsp3) is 0.444. The van der Waals surface area contributed by atoms with Crippen LogP contribution in [-0.4, -0.2) is 45.6 Å². The van der Waals surface area contributed by atoms with E-state index in [1.807, 2.05) is 6.07 Å². The maximum Gasteiger partial charge on any atom is 0.255 e. The van der Waals surface area contributed by atoms with Crippen LogP contribution < -0.4 is 5.32 Å². The highest BCUT2D eigenvalue weighted by Crippen LogP contribution is 2.44. The Balaban J connectivity index is 1.17. The molecule has 1 unspecified atom stereocenters. The van der Waals surface area contributed by atoms with E-state index in [1.165, 1.54) is 24.0 Å². The Morgan fingerprint density at radius 3 is 2.39 bits per heavy atom. The van der Waals surface area contributed by atoms with Crippen molar-refractivity contribution in [3.63, 3.8) is 0 Å². The van der Waals surface area contributed by atoms with Crippen molar-refractivity contribution in [2.24, 2.45) is 0 Å². The zero-order chi connectivity index (χ0) is 22.5. The molecule has 3 saturated heterocycles. The summed E-state index contributed by atoms with van der Waals surface area (Å²) in [5.74, 6) is -0.186. The normalized spacial score (nSPS) is 29.3. The predicted octanol–water partition coefficient (Wildman–Crippen LogP) is 3.36. The number of rotatable bonds is 4. The average molecular weight is 444 g/mol. The molecule has 1 N–H and O–H groups in total. The average Bonchev–Trinajstić information content (AvgIpc) is 3.24. The molecule has 6 heteroatoms. The summed E-state index contributed by atoms with van der Waals surface area (Å²) in [5, 5.41) is 2.38. The van der Waals surface area contributed by atoms with Crippen LogP contribution in [0.15, 0.2) is 48.5 Å². The number of carbonyl (C=O) groups excluding carboxylic acids is 3. The van der Waals surface area contributed by atoms with Crippen molar-refractivity contribution in [1.82, 2.24) is 15.1 Å². The quantitative estimate of drug-likeness (QED) is 0.736. The van der Waals surface area contributed by atoms with Gasteiger partial charge in [0.25, 0.3) is 5.91 Å². The highest BCUT2D eigenvalue weighted by Gasteiger charge is 2.42. The van der Waals surface area contributed by atoms with Crippen LogP contribution in [-0.2, 0) is 22.7 Å². The number of imide groups is 1. The van der Waals surface area contributed by atoms with Gasteiger partial charge in [-0.05, 0) is 60.8 Å². The molecule has 0 aliphatic carbocycles. The van der Waals surface area contributed by atoms with Crippen LogP contribution in [0.25, 0.3) is 0 Å². The Bertz CT molecular complexity index is 1100. The van der Waals surface area contributed by atoms with Gasteiger partial charge in [-0.15, -0.1) is 0 Å². The summed E-state index contributed by atoms with van der Waals surface area (Å²) in [6.45, 7) is 1.48. The first-order valence-electron chi connectivity index (χ1n) is 12.1. The summed E-state index contributed by atoms with van der Waals surface area (Å²) in [5.41, 5.74) is 4.43. The third-order valence-electron chi connectivity index (χ3n) is 8.11. The lowest BCUT2D eigenvalue weighted by Crippen LogP contribution is -2.52. The number of nitrogens with zero attached hydrogens (tertiary/aromatic N) is 2. The molecule has 3 amide bonds. The first-order chi connectivity index (χ1) is 16.1. The Hall–Kier alpha value is -2.99. The Labute approximate surface area is 193 Å². The molecular formula is C27H29N3O3. The number of hydrogen-bond donors (Lipinski definition) is 1. The smallest absolute Gasteiger partial charge is 0.255 e. The minimum atomic E-state index is -0.553. The van der Waals surface area contributed by atoms with E-state index in [0.29, 0.717) is 36.5 Å². The first kappa shape index (κ1) is 20.6. The van der Waals surface area contributed by atoms with Gasteiger partial charge in [-0.2, -0.15) is 0 Å². The lowest BCUT2D eigenvalue weighted by molar-refractivity contribution is -0.136. The summed E-state index contributed by atoms with van der Waals surface area (Å²) in [4.78, 5) is 41.1. The number of amides is 3. The summed E-state index contributed by atoms with van der Waals surface area (Å²) in [6.07, 6.45) is 5.54. The molecule has 6 rings (SSSR count). The fourth-order valence-electron chi connectivity index (χ4n) is 6.45. The highest BCUT2D eigenvalue weighted by molar-refractivity contribution is 6.05. The van der Waals surface area contributed by atoms with E-state index in [-0.39, 0.29) is 24.1 Å². The van der Waals surface area contributed by atoms with Gasteiger partial charge in [-0.1, -0.05) is 42.5 Å². The van der Waals surface area contributed by atoms with E-state index in [4.69, 9.17) is 0 Å². The monoisotopic (exact) mass is 443 g/mol. The van der Waals surface area contributed by atoms with Crippen molar-refractivity contribution in [1.29, 1.82) is 0 Å². The van der Waals surface area contributed by atoms with Crippen molar-refractivity contribution in [2.45, 2.75) is 75.7 Å². The summed E-state index contributed by atoms with van der Waals surface area (Å²) in [6, 6.07) is 17.7.